The molecule has 0 radical (unpaired) electrons. The Balaban J connectivity index is 2.03. The Labute approximate surface area is 131 Å². The second-order valence-electron chi connectivity index (χ2n) is 5.79. The van der Waals surface area contributed by atoms with E-state index in [9.17, 15) is 4.79 Å². The number of nitrogens with zero attached hydrogens (tertiary/aromatic N) is 1. The average molecular weight is 310 g/mol. The fourth-order valence-corrected chi connectivity index (χ4v) is 3.18. The van der Waals surface area contributed by atoms with Gasteiger partial charge in [-0.1, -0.05) is 18.5 Å². The predicted octanol–water partition coefficient (Wildman–Crippen LogP) is 2.97. The molecule has 3 N–H and O–H groups in total. The zero-order chi connectivity index (χ0) is 15.4. The predicted molar refractivity (Wildman–Crippen MR) is 87.9 cm³/mol. The molecule has 4 nitrogen and oxygen atoms in total. The molecular formula is C16H24ClN3O. The minimum Gasteiger partial charge on any atom is -0.382 e. The molecule has 116 valence electrons. The number of hydrogen-bond donors (Lipinski definition) is 2. The highest BCUT2D eigenvalue weighted by molar-refractivity contribution is 6.33. The molecular weight excluding hydrogens is 286 g/mol. The third kappa shape index (κ3) is 4.11. The lowest BCUT2D eigenvalue weighted by molar-refractivity contribution is 0.100. The van der Waals surface area contributed by atoms with E-state index < -0.39 is 5.91 Å². The van der Waals surface area contributed by atoms with E-state index in [1.165, 1.54) is 19.4 Å². The van der Waals surface area contributed by atoms with Crippen molar-refractivity contribution in [1.29, 1.82) is 0 Å². The molecule has 1 saturated heterocycles. The van der Waals surface area contributed by atoms with Gasteiger partial charge in [0.15, 0.2) is 0 Å². The molecule has 1 aromatic carbocycles. The first-order chi connectivity index (χ1) is 10.0. The number of rotatable bonds is 5. The van der Waals surface area contributed by atoms with Crippen LogP contribution in [-0.2, 0) is 0 Å². The van der Waals surface area contributed by atoms with Crippen LogP contribution in [0, 0.1) is 5.92 Å². The molecule has 1 aliphatic heterocycles. The van der Waals surface area contributed by atoms with Crippen molar-refractivity contribution in [2.45, 2.75) is 32.7 Å². The lowest BCUT2D eigenvalue weighted by Crippen LogP contribution is -2.41. The van der Waals surface area contributed by atoms with E-state index in [2.05, 4.69) is 24.1 Å². The van der Waals surface area contributed by atoms with Crippen LogP contribution in [0.25, 0.3) is 0 Å². The van der Waals surface area contributed by atoms with E-state index in [4.69, 9.17) is 17.3 Å². The van der Waals surface area contributed by atoms with Crippen LogP contribution in [-0.4, -0.2) is 36.5 Å². The fourth-order valence-electron chi connectivity index (χ4n) is 2.97. The minimum atomic E-state index is -0.494. The Hall–Kier alpha value is -1.26. The van der Waals surface area contributed by atoms with Crippen molar-refractivity contribution < 1.29 is 4.79 Å². The Morgan fingerprint density at radius 1 is 1.57 bits per heavy atom. The zero-order valence-corrected chi connectivity index (χ0v) is 13.5. The molecule has 0 aromatic heterocycles. The summed E-state index contributed by atoms with van der Waals surface area (Å²) in [5.74, 6) is 0.123. The van der Waals surface area contributed by atoms with Gasteiger partial charge in [0.2, 0.25) is 5.91 Å². The van der Waals surface area contributed by atoms with Crippen molar-refractivity contribution in [3.63, 3.8) is 0 Å². The standard InChI is InChI=1S/C16H24ClN3O/c1-3-20-8-4-5-12(10-20)11(2)19-13-6-7-15(17)14(9-13)16(18)21/h6-7,9,11-12,19H,3-5,8,10H2,1-2H3,(H2,18,21). The Kier molecular flexibility index (Phi) is 5.48. The summed E-state index contributed by atoms with van der Waals surface area (Å²) in [5.41, 5.74) is 6.60. The van der Waals surface area contributed by atoms with Crippen LogP contribution < -0.4 is 11.1 Å². The Morgan fingerprint density at radius 2 is 2.33 bits per heavy atom. The maximum atomic E-state index is 11.3. The number of halogens is 1. The summed E-state index contributed by atoms with van der Waals surface area (Å²) < 4.78 is 0. The number of amides is 1. The van der Waals surface area contributed by atoms with Gasteiger partial charge in [-0.25, -0.2) is 0 Å². The van der Waals surface area contributed by atoms with Gasteiger partial charge < -0.3 is 16.0 Å². The summed E-state index contributed by atoms with van der Waals surface area (Å²) in [6.07, 6.45) is 2.48. The van der Waals surface area contributed by atoms with Gasteiger partial charge >= 0.3 is 0 Å². The lowest BCUT2D eigenvalue weighted by Gasteiger charge is -2.35. The highest BCUT2D eigenvalue weighted by Crippen LogP contribution is 2.25. The van der Waals surface area contributed by atoms with Gasteiger partial charge in [0, 0.05) is 18.3 Å². The smallest absolute Gasteiger partial charge is 0.250 e. The molecule has 5 heteroatoms. The van der Waals surface area contributed by atoms with Crippen molar-refractivity contribution in [3.8, 4) is 0 Å². The first kappa shape index (κ1) is 16.1. The number of piperidine rings is 1. The maximum Gasteiger partial charge on any atom is 0.250 e. The summed E-state index contributed by atoms with van der Waals surface area (Å²) >= 11 is 5.98. The molecule has 0 bridgehead atoms. The first-order valence-electron chi connectivity index (χ1n) is 7.59. The van der Waals surface area contributed by atoms with Crippen LogP contribution in [0.2, 0.25) is 5.02 Å². The molecule has 1 amide bonds. The van der Waals surface area contributed by atoms with Gasteiger partial charge in [0.1, 0.15) is 0 Å². The van der Waals surface area contributed by atoms with Crippen LogP contribution in [0.1, 0.15) is 37.0 Å². The summed E-state index contributed by atoms with van der Waals surface area (Å²) in [4.78, 5) is 13.8. The first-order valence-corrected chi connectivity index (χ1v) is 7.97. The van der Waals surface area contributed by atoms with Gasteiger partial charge in [-0.3, -0.25) is 4.79 Å². The van der Waals surface area contributed by atoms with Crippen LogP contribution in [0.4, 0.5) is 5.69 Å². The average Bonchev–Trinajstić information content (AvgIpc) is 2.49. The topological polar surface area (TPSA) is 58.4 Å². The lowest BCUT2D eigenvalue weighted by atomic mass is 9.91. The number of benzene rings is 1. The van der Waals surface area contributed by atoms with E-state index in [-0.39, 0.29) is 0 Å². The van der Waals surface area contributed by atoms with Crippen molar-refractivity contribution in [2.24, 2.45) is 11.7 Å². The molecule has 0 saturated carbocycles. The summed E-state index contributed by atoms with van der Waals surface area (Å²) in [5, 5.41) is 3.88. The minimum absolute atomic E-state index is 0.348. The monoisotopic (exact) mass is 309 g/mol. The fraction of sp³-hybridized carbons (Fsp3) is 0.562. The van der Waals surface area contributed by atoms with Gasteiger partial charge in [-0.05, 0) is 57.0 Å². The number of carbonyl (C=O) groups is 1. The molecule has 2 rings (SSSR count). The van der Waals surface area contributed by atoms with Gasteiger partial charge in [0.25, 0.3) is 0 Å². The molecule has 1 aliphatic rings. The summed E-state index contributed by atoms with van der Waals surface area (Å²) in [7, 11) is 0. The van der Waals surface area contributed by atoms with Gasteiger partial charge in [0.05, 0.1) is 10.6 Å². The van der Waals surface area contributed by atoms with E-state index in [0.717, 1.165) is 18.8 Å². The number of hydrogen-bond acceptors (Lipinski definition) is 3. The molecule has 21 heavy (non-hydrogen) atoms. The molecule has 1 fully saturated rings. The highest BCUT2D eigenvalue weighted by atomic mass is 35.5. The third-order valence-corrected chi connectivity index (χ3v) is 4.65. The SMILES string of the molecule is CCN1CCCC(C(C)Nc2ccc(Cl)c(C(N)=O)c2)C1. The largest absolute Gasteiger partial charge is 0.382 e. The zero-order valence-electron chi connectivity index (χ0n) is 12.7. The molecule has 2 unspecified atom stereocenters. The molecule has 1 aromatic rings. The van der Waals surface area contributed by atoms with Gasteiger partial charge in [-0.15, -0.1) is 0 Å². The van der Waals surface area contributed by atoms with Gasteiger partial charge in [-0.2, -0.15) is 0 Å². The number of carbonyl (C=O) groups excluding carboxylic acids is 1. The second kappa shape index (κ2) is 7.14. The molecule has 2 atom stereocenters. The molecule has 1 heterocycles. The van der Waals surface area contributed by atoms with Crippen molar-refractivity contribution >= 4 is 23.2 Å². The highest BCUT2D eigenvalue weighted by Gasteiger charge is 2.24. The Bertz CT molecular complexity index is 506. The summed E-state index contributed by atoms with van der Waals surface area (Å²) in [6, 6.07) is 5.70. The van der Waals surface area contributed by atoms with Crippen molar-refractivity contribution in [1.82, 2.24) is 4.90 Å². The van der Waals surface area contributed by atoms with Crippen LogP contribution in [0.5, 0.6) is 0 Å². The van der Waals surface area contributed by atoms with Crippen molar-refractivity contribution in [2.75, 3.05) is 25.0 Å². The quantitative estimate of drug-likeness (QED) is 0.879. The third-order valence-electron chi connectivity index (χ3n) is 4.32. The number of nitrogens with two attached hydrogens (primary N) is 1. The van der Waals surface area contributed by atoms with E-state index >= 15 is 0 Å². The normalized spacial score (nSPS) is 21.0. The van der Waals surface area contributed by atoms with Crippen LogP contribution >= 0.6 is 11.6 Å². The van der Waals surface area contributed by atoms with Crippen LogP contribution in [0.15, 0.2) is 18.2 Å². The number of nitrogens with one attached hydrogen (secondary N) is 1. The number of likely N-dealkylation sites (tertiary alicyclic amines) is 1. The van der Waals surface area contributed by atoms with E-state index in [0.29, 0.717) is 22.5 Å². The van der Waals surface area contributed by atoms with E-state index in [1.54, 1.807) is 12.1 Å². The summed E-state index contributed by atoms with van der Waals surface area (Å²) in [6.45, 7) is 7.84. The Morgan fingerprint density at radius 3 is 3.00 bits per heavy atom. The maximum absolute atomic E-state index is 11.3. The number of primary amides is 1. The molecule has 0 spiro atoms. The van der Waals surface area contributed by atoms with Crippen molar-refractivity contribution in [3.05, 3.63) is 28.8 Å². The second-order valence-corrected chi connectivity index (χ2v) is 6.19. The van der Waals surface area contributed by atoms with E-state index in [1.807, 2.05) is 6.07 Å². The van der Waals surface area contributed by atoms with Crippen LogP contribution in [0.3, 0.4) is 0 Å². The number of anilines is 1. The molecule has 0 aliphatic carbocycles.